The van der Waals surface area contributed by atoms with Crippen LogP contribution < -0.4 is 5.19 Å². The van der Waals surface area contributed by atoms with Crippen LogP contribution in [0.1, 0.15) is 16.7 Å². The molecule has 218 valence electrons. The first-order valence-electron chi connectivity index (χ1n) is 14.1. The highest BCUT2D eigenvalue weighted by atomic mass is 28.5. The first-order valence-corrected chi connectivity index (χ1v) is 32.4. The van der Waals surface area contributed by atoms with E-state index in [9.17, 15) is 0 Å². The van der Waals surface area contributed by atoms with Gasteiger partial charge in [-0.05, 0) is 115 Å². The second kappa shape index (κ2) is 12.3. The molecule has 2 rings (SSSR count). The number of rotatable bonds is 12. The number of hydrogen-bond donors (Lipinski definition) is 0. The molecule has 4 nitrogen and oxygen atoms in total. The van der Waals surface area contributed by atoms with Crippen molar-refractivity contribution < 1.29 is 16.5 Å². The summed E-state index contributed by atoms with van der Waals surface area (Å²) in [5.41, 5.74) is 3.57. The van der Waals surface area contributed by atoms with Crippen LogP contribution >= 0.6 is 0 Å². The van der Waals surface area contributed by atoms with Gasteiger partial charge >= 0.3 is 17.1 Å². The van der Waals surface area contributed by atoms with Gasteiger partial charge in [-0.3, -0.25) is 0 Å². The van der Waals surface area contributed by atoms with E-state index in [1.165, 1.54) is 15.9 Å². The maximum Gasteiger partial charge on any atom is 0.349 e. The van der Waals surface area contributed by atoms with Gasteiger partial charge in [0.25, 0.3) is 0 Å². The van der Waals surface area contributed by atoms with Crippen molar-refractivity contribution in [3.63, 3.8) is 0 Å². The third-order valence-corrected chi connectivity index (χ3v) is 24.4. The summed E-state index contributed by atoms with van der Waals surface area (Å²) in [5.74, 6) is 0. The Balaban J connectivity index is 2.98. The Morgan fingerprint density at radius 3 is 1.36 bits per heavy atom. The van der Waals surface area contributed by atoms with Gasteiger partial charge in [-0.15, -0.1) is 0 Å². The number of hydrogen-bond acceptors (Lipinski definition) is 4. The summed E-state index contributed by atoms with van der Waals surface area (Å²) in [6, 6.07) is 17.5. The van der Waals surface area contributed by atoms with E-state index < -0.39 is 50.4 Å². The Morgan fingerprint density at radius 2 is 0.949 bits per heavy atom. The van der Waals surface area contributed by atoms with Crippen LogP contribution in [-0.4, -0.2) is 50.4 Å². The molecule has 0 aliphatic carbocycles. The minimum absolute atomic E-state index is 1.16. The molecule has 0 saturated carbocycles. The summed E-state index contributed by atoms with van der Waals surface area (Å²) in [6.07, 6.45) is 2.32. The quantitative estimate of drug-likeness (QED) is 0.173. The fourth-order valence-corrected chi connectivity index (χ4v) is 28.9. The Labute approximate surface area is 246 Å². The van der Waals surface area contributed by atoms with E-state index in [0.717, 1.165) is 11.1 Å². The second-order valence-electron chi connectivity index (χ2n) is 14.8. The maximum absolute atomic E-state index is 7.16. The molecule has 2 aromatic rings. The van der Waals surface area contributed by atoms with E-state index in [-0.39, 0.29) is 0 Å². The zero-order valence-corrected chi connectivity index (χ0v) is 33.3. The predicted octanol–water partition coefficient (Wildman–Crippen LogP) is 8.83. The van der Waals surface area contributed by atoms with Crippen molar-refractivity contribution in [2.75, 3.05) is 0 Å². The smallest absolute Gasteiger partial charge is 0.349 e. The zero-order chi connectivity index (χ0) is 30.1. The predicted molar refractivity (Wildman–Crippen MR) is 186 cm³/mol. The SMILES string of the molecule is Cc1ccc(/C=C(/c2ccccc2[Si](C)(O[Si](C)(C)C)O[Si](C)(C)C)[Si](C)(O[Si](C)(C)C)O[Si](C)(C)C)cc1. The van der Waals surface area contributed by atoms with Gasteiger partial charge in [-0.25, -0.2) is 0 Å². The van der Waals surface area contributed by atoms with Crippen molar-refractivity contribution in [3.05, 3.63) is 65.2 Å². The van der Waals surface area contributed by atoms with E-state index in [1.54, 1.807) is 0 Å². The minimum atomic E-state index is -2.90. The molecule has 0 aliphatic rings. The van der Waals surface area contributed by atoms with Gasteiger partial charge in [-0.1, -0.05) is 60.2 Å². The van der Waals surface area contributed by atoms with E-state index in [1.807, 2.05) is 0 Å². The van der Waals surface area contributed by atoms with Gasteiger partial charge in [0.2, 0.25) is 0 Å². The average Bonchev–Trinajstić information content (AvgIpc) is 2.67. The first-order chi connectivity index (χ1) is 17.4. The molecular formula is C29H54O4Si6. The molecule has 10 heteroatoms. The van der Waals surface area contributed by atoms with Gasteiger partial charge in [-0.2, -0.15) is 0 Å². The van der Waals surface area contributed by atoms with Crippen LogP contribution in [-0.2, 0) is 16.5 Å². The highest BCUT2D eigenvalue weighted by molar-refractivity contribution is 6.99. The lowest BCUT2D eigenvalue weighted by atomic mass is 10.1. The van der Waals surface area contributed by atoms with Crippen molar-refractivity contribution >= 4 is 66.9 Å². The zero-order valence-electron chi connectivity index (χ0n) is 27.3. The highest BCUT2D eigenvalue weighted by Gasteiger charge is 2.48. The molecule has 0 aromatic heterocycles. The Bertz CT molecular complexity index is 1100. The van der Waals surface area contributed by atoms with Crippen molar-refractivity contribution in [2.45, 2.75) is 98.6 Å². The van der Waals surface area contributed by atoms with Crippen molar-refractivity contribution in [3.8, 4) is 0 Å². The van der Waals surface area contributed by atoms with Crippen LogP contribution in [0.15, 0.2) is 48.5 Å². The van der Waals surface area contributed by atoms with Crippen LogP contribution in [0.3, 0.4) is 0 Å². The van der Waals surface area contributed by atoms with Crippen LogP contribution in [0.5, 0.6) is 0 Å². The van der Waals surface area contributed by atoms with Gasteiger partial charge in [0.05, 0.1) is 0 Å². The molecule has 0 aliphatic heterocycles. The summed E-state index contributed by atoms with van der Waals surface area (Å²) in [4.78, 5) is 0. The van der Waals surface area contributed by atoms with Crippen LogP contribution in [0.4, 0.5) is 0 Å². The lowest BCUT2D eigenvalue weighted by Crippen LogP contribution is -2.62. The molecule has 39 heavy (non-hydrogen) atoms. The van der Waals surface area contributed by atoms with Gasteiger partial charge in [0.1, 0.15) is 0 Å². The summed E-state index contributed by atoms with van der Waals surface area (Å²) < 4.78 is 28.5. The Morgan fingerprint density at radius 1 is 0.538 bits per heavy atom. The van der Waals surface area contributed by atoms with Gasteiger partial charge in [0.15, 0.2) is 33.3 Å². The molecule has 0 unspecified atom stereocenters. The Hall–Kier alpha value is -0.679. The molecule has 0 radical (unpaired) electrons. The Kier molecular flexibility index (Phi) is 10.9. The standard InChI is InChI=1S/C29H54O4Si6/c1-25-20-22-26(23-21-25)24-29(39(15,32-36(8,9)10)33-37(11,12)13)27-18-16-17-19-28(27)38(14,30-34(2,3)4)31-35(5,6)7/h16-24H,1-15H3/b29-24-. The van der Waals surface area contributed by atoms with Gasteiger partial charge in [0, 0.05) is 5.20 Å². The van der Waals surface area contributed by atoms with Crippen LogP contribution in [0, 0.1) is 6.92 Å². The van der Waals surface area contributed by atoms with Crippen LogP contribution in [0.25, 0.3) is 11.3 Å². The fraction of sp³-hybridized carbons (Fsp3) is 0.517. The molecule has 0 heterocycles. The topological polar surface area (TPSA) is 36.9 Å². The molecule has 0 amide bonds. The third kappa shape index (κ3) is 11.3. The largest absolute Gasteiger partial charge is 0.433 e. The summed E-state index contributed by atoms with van der Waals surface area (Å²) >= 11 is 0. The maximum atomic E-state index is 7.16. The average molecular weight is 635 g/mol. The normalized spacial score (nSPS) is 14.6. The monoisotopic (exact) mass is 634 g/mol. The third-order valence-electron chi connectivity index (χ3n) is 5.59. The molecular weight excluding hydrogens is 581 g/mol. The summed E-state index contributed by atoms with van der Waals surface area (Å²) in [5, 5.41) is 2.36. The van der Waals surface area contributed by atoms with Crippen LogP contribution in [0.2, 0.25) is 91.7 Å². The molecule has 0 N–H and O–H groups in total. The molecule has 0 bridgehead atoms. The van der Waals surface area contributed by atoms with E-state index in [2.05, 4.69) is 153 Å². The summed E-state index contributed by atoms with van der Waals surface area (Å²) in [6.45, 7) is 33.8. The van der Waals surface area contributed by atoms with Crippen molar-refractivity contribution in [1.82, 2.24) is 0 Å². The second-order valence-corrected chi connectivity index (χ2v) is 39.8. The molecule has 0 spiro atoms. The van der Waals surface area contributed by atoms with E-state index in [0.29, 0.717) is 0 Å². The molecule has 2 aromatic carbocycles. The first kappa shape index (κ1) is 34.5. The number of benzene rings is 2. The van der Waals surface area contributed by atoms with Crippen molar-refractivity contribution in [2.24, 2.45) is 0 Å². The number of aryl methyl sites for hydroxylation is 1. The minimum Gasteiger partial charge on any atom is -0.433 e. The lowest BCUT2D eigenvalue weighted by Gasteiger charge is -2.43. The van der Waals surface area contributed by atoms with Crippen molar-refractivity contribution in [1.29, 1.82) is 0 Å². The fourth-order valence-electron chi connectivity index (χ4n) is 5.00. The molecule has 0 fully saturated rings. The highest BCUT2D eigenvalue weighted by Crippen LogP contribution is 2.36. The summed E-state index contributed by atoms with van der Waals surface area (Å²) in [7, 11) is -13.5. The molecule has 0 atom stereocenters. The van der Waals surface area contributed by atoms with E-state index >= 15 is 0 Å². The lowest BCUT2D eigenvalue weighted by molar-refractivity contribution is 0.404. The van der Waals surface area contributed by atoms with Gasteiger partial charge < -0.3 is 16.5 Å². The molecule has 0 saturated heterocycles. The van der Waals surface area contributed by atoms with E-state index in [4.69, 9.17) is 16.5 Å².